The van der Waals surface area contributed by atoms with Gasteiger partial charge in [-0.25, -0.2) is 23.5 Å². The highest BCUT2D eigenvalue weighted by atomic mass is 32.2. The lowest BCUT2D eigenvalue weighted by molar-refractivity contribution is 0.114. The van der Waals surface area contributed by atoms with Gasteiger partial charge in [0.05, 0.1) is 24.7 Å². The maximum absolute atomic E-state index is 12.1. The van der Waals surface area contributed by atoms with Crippen molar-refractivity contribution in [2.75, 3.05) is 36.3 Å². The van der Waals surface area contributed by atoms with E-state index in [0.29, 0.717) is 12.2 Å². The van der Waals surface area contributed by atoms with Crippen LogP contribution in [0.2, 0.25) is 0 Å². The number of nitrogens with zero attached hydrogens (tertiary/aromatic N) is 3. The molecule has 0 saturated carbocycles. The van der Waals surface area contributed by atoms with Crippen molar-refractivity contribution in [3.63, 3.8) is 0 Å². The van der Waals surface area contributed by atoms with E-state index in [-0.39, 0.29) is 11.6 Å². The molecule has 0 aromatic heterocycles. The van der Waals surface area contributed by atoms with Gasteiger partial charge in [0, 0.05) is 19.0 Å². The van der Waals surface area contributed by atoms with E-state index in [1.165, 1.54) is 7.11 Å². The molecule has 1 unspecified atom stereocenters. The summed E-state index contributed by atoms with van der Waals surface area (Å²) >= 11 is 0. The van der Waals surface area contributed by atoms with E-state index in [4.69, 9.17) is 10.6 Å². The molecular formula is C15H22N4O4S. The van der Waals surface area contributed by atoms with Crippen molar-refractivity contribution in [3.05, 3.63) is 23.8 Å². The zero-order valence-electron chi connectivity index (χ0n) is 14.2. The number of carbonyl (C=O) groups excluding carboxylic acids is 1. The number of likely N-dealkylation sites (N-methyl/N-ethyl adjacent to an activating group) is 1. The molecule has 2 aliphatic heterocycles. The SMILES string of the molecule is COC(=O)N1CC[C@]2(C)c3cccc(N(N)S(C)(=O)=O)c3N(C)C12. The number of ether oxygens (including phenoxy) is 1. The van der Waals surface area contributed by atoms with Crippen molar-refractivity contribution in [2.45, 2.75) is 24.9 Å². The van der Waals surface area contributed by atoms with Crippen LogP contribution in [0.3, 0.4) is 0 Å². The molecule has 132 valence electrons. The van der Waals surface area contributed by atoms with Gasteiger partial charge in [-0.1, -0.05) is 19.1 Å². The van der Waals surface area contributed by atoms with Gasteiger partial charge in [-0.3, -0.25) is 4.90 Å². The molecule has 24 heavy (non-hydrogen) atoms. The second kappa shape index (κ2) is 5.25. The number of carbonyl (C=O) groups is 1. The highest BCUT2D eigenvalue weighted by molar-refractivity contribution is 7.92. The van der Waals surface area contributed by atoms with Gasteiger partial charge in [-0.05, 0) is 18.1 Å². The Bertz CT molecular complexity index is 797. The Balaban J connectivity index is 2.15. The van der Waals surface area contributed by atoms with E-state index in [1.54, 1.807) is 17.0 Å². The molecule has 0 bridgehead atoms. The van der Waals surface area contributed by atoms with Gasteiger partial charge in [-0.15, -0.1) is 0 Å². The van der Waals surface area contributed by atoms with Gasteiger partial charge >= 0.3 is 6.09 Å². The van der Waals surface area contributed by atoms with Crippen molar-refractivity contribution < 1.29 is 17.9 Å². The lowest BCUT2D eigenvalue weighted by Gasteiger charge is -2.34. The molecule has 2 heterocycles. The number of hydrazine groups is 1. The number of fused-ring (bicyclic) bond motifs is 3. The van der Waals surface area contributed by atoms with Gasteiger partial charge in [0.25, 0.3) is 0 Å². The third-order valence-corrected chi connectivity index (χ3v) is 6.00. The predicted molar refractivity (Wildman–Crippen MR) is 91.2 cm³/mol. The highest BCUT2D eigenvalue weighted by Crippen LogP contribution is 2.54. The number of amides is 1. The van der Waals surface area contributed by atoms with Crippen LogP contribution in [0.4, 0.5) is 16.2 Å². The molecule has 1 aromatic carbocycles. The quantitative estimate of drug-likeness (QED) is 0.624. The van der Waals surface area contributed by atoms with Gasteiger partial charge in [0.15, 0.2) is 0 Å². The monoisotopic (exact) mass is 354 g/mol. The fraction of sp³-hybridized carbons (Fsp3) is 0.533. The minimum atomic E-state index is -3.60. The standard InChI is InChI=1S/C15H22N4O4S/c1-15-8-9-18(14(20)23-3)13(15)17(2)12-10(15)6-5-7-11(12)19(16)24(4,21)22/h5-7,13H,8-9,16H2,1-4H3/t13?,15-/m1/s1. The summed E-state index contributed by atoms with van der Waals surface area (Å²) in [5.74, 6) is 5.83. The van der Waals surface area contributed by atoms with Crippen LogP contribution in [-0.2, 0) is 20.2 Å². The second-order valence-corrected chi connectivity index (χ2v) is 8.41. The average Bonchev–Trinajstić information content (AvgIpc) is 2.99. The molecular weight excluding hydrogens is 332 g/mol. The van der Waals surface area contributed by atoms with Crippen LogP contribution in [0.25, 0.3) is 0 Å². The number of hydrogen-bond donors (Lipinski definition) is 1. The third-order valence-electron chi connectivity index (χ3n) is 5.09. The van der Waals surface area contributed by atoms with Crippen LogP contribution >= 0.6 is 0 Å². The maximum atomic E-state index is 12.1. The Labute approximate surface area is 141 Å². The molecule has 8 nitrogen and oxygen atoms in total. The fourth-order valence-electron chi connectivity index (χ4n) is 4.01. The van der Waals surface area contributed by atoms with Crippen molar-refractivity contribution in [2.24, 2.45) is 5.84 Å². The number of hydrogen-bond acceptors (Lipinski definition) is 6. The minimum Gasteiger partial charge on any atom is -0.453 e. The van der Waals surface area contributed by atoms with Gasteiger partial charge in [-0.2, -0.15) is 0 Å². The summed E-state index contributed by atoms with van der Waals surface area (Å²) in [6.45, 7) is 2.66. The minimum absolute atomic E-state index is 0.242. The molecule has 3 rings (SSSR count). The molecule has 0 aliphatic carbocycles. The topological polar surface area (TPSA) is 96.2 Å². The first-order chi connectivity index (χ1) is 11.1. The number of rotatable bonds is 2. The molecule has 1 fully saturated rings. The van der Waals surface area contributed by atoms with E-state index in [0.717, 1.165) is 28.3 Å². The van der Waals surface area contributed by atoms with Gasteiger partial charge in [0.2, 0.25) is 10.0 Å². The Kier molecular flexibility index (Phi) is 3.68. The number of nitrogens with two attached hydrogens (primary N) is 1. The smallest absolute Gasteiger partial charge is 0.411 e. The molecule has 2 atom stereocenters. The van der Waals surface area contributed by atoms with Crippen molar-refractivity contribution in [1.29, 1.82) is 0 Å². The largest absolute Gasteiger partial charge is 0.453 e. The first-order valence-electron chi connectivity index (χ1n) is 7.59. The summed E-state index contributed by atoms with van der Waals surface area (Å²) < 4.78 is 29.4. The van der Waals surface area contributed by atoms with Crippen molar-refractivity contribution in [1.82, 2.24) is 4.90 Å². The predicted octanol–water partition coefficient (Wildman–Crippen LogP) is 0.832. The Morgan fingerprint density at radius 3 is 2.71 bits per heavy atom. The number of methoxy groups -OCH3 is 1. The summed E-state index contributed by atoms with van der Waals surface area (Å²) in [4.78, 5) is 15.7. The Morgan fingerprint density at radius 2 is 2.12 bits per heavy atom. The van der Waals surface area contributed by atoms with E-state index < -0.39 is 16.1 Å². The van der Waals surface area contributed by atoms with Crippen molar-refractivity contribution in [3.8, 4) is 0 Å². The summed E-state index contributed by atoms with van der Waals surface area (Å²) in [6, 6.07) is 5.43. The van der Waals surface area contributed by atoms with Gasteiger partial charge < -0.3 is 9.64 Å². The lowest BCUT2D eigenvalue weighted by atomic mass is 9.81. The molecule has 1 aromatic rings. The number of para-hydroxylation sites is 1. The summed E-state index contributed by atoms with van der Waals surface area (Å²) in [7, 11) is -0.399. The molecule has 0 spiro atoms. The van der Waals surface area contributed by atoms with Crippen LogP contribution < -0.4 is 15.2 Å². The molecule has 1 amide bonds. The zero-order valence-corrected chi connectivity index (χ0v) is 15.0. The number of anilines is 2. The third kappa shape index (κ3) is 2.15. The van der Waals surface area contributed by atoms with Crippen LogP contribution in [0.15, 0.2) is 18.2 Å². The summed E-state index contributed by atoms with van der Waals surface area (Å²) in [5, 5.41) is 0. The average molecular weight is 354 g/mol. The summed E-state index contributed by atoms with van der Waals surface area (Å²) in [6.07, 6.45) is 1.19. The zero-order chi connectivity index (χ0) is 17.9. The van der Waals surface area contributed by atoms with Gasteiger partial charge in [0.1, 0.15) is 6.17 Å². The van der Waals surface area contributed by atoms with E-state index in [1.807, 2.05) is 18.0 Å². The van der Waals surface area contributed by atoms with Crippen LogP contribution in [-0.4, -0.2) is 52.5 Å². The first-order valence-corrected chi connectivity index (χ1v) is 9.43. The summed E-state index contributed by atoms with van der Waals surface area (Å²) in [5.41, 5.74) is 1.80. The van der Waals surface area contributed by atoms with E-state index in [2.05, 4.69) is 6.92 Å². The number of likely N-dealkylation sites (tertiary alicyclic amines) is 1. The molecule has 9 heteroatoms. The van der Waals surface area contributed by atoms with Crippen molar-refractivity contribution >= 4 is 27.5 Å². The van der Waals surface area contributed by atoms with E-state index >= 15 is 0 Å². The maximum Gasteiger partial charge on any atom is 0.411 e. The fourth-order valence-corrected chi connectivity index (χ4v) is 4.51. The Morgan fingerprint density at radius 1 is 1.46 bits per heavy atom. The highest BCUT2D eigenvalue weighted by Gasteiger charge is 2.56. The van der Waals surface area contributed by atoms with E-state index in [9.17, 15) is 13.2 Å². The van der Waals surface area contributed by atoms with Crippen LogP contribution in [0.5, 0.6) is 0 Å². The normalized spacial score (nSPS) is 25.5. The van der Waals surface area contributed by atoms with Crippen LogP contribution in [0.1, 0.15) is 18.9 Å². The number of benzene rings is 1. The molecule has 2 aliphatic rings. The van der Waals surface area contributed by atoms with Crippen LogP contribution in [0, 0.1) is 0 Å². The Hall–Kier alpha value is -2.00. The lowest BCUT2D eigenvalue weighted by Crippen LogP contribution is -2.49. The molecule has 0 radical (unpaired) electrons. The second-order valence-electron chi connectivity index (χ2n) is 6.55. The number of sulfonamides is 1. The first kappa shape index (κ1) is 16.8. The molecule has 1 saturated heterocycles. The molecule has 2 N–H and O–H groups in total.